The van der Waals surface area contributed by atoms with E-state index < -0.39 is 20.7 Å². The Morgan fingerprint density at radius 3 is 2.86 bits per heavy atom. The molecule has 7 heteroatoms. The summed E-state index contributed by atoms with van der Waals surface area (Å²) in [5.41, 5.74) is 6.44. The number of rotatable bonds is 3. The molecule has 2 unspecified atom stereocenters. The van der Waals surface area contributed by atoms with E-state index in [-0.39, 0.29) is 18.9 Å². The number of hydrogen-bond acceptors (Lipinski definition) is 5. The third kappa shape index (κ3) is 2.89. The molecule has 1 aromatic rings. The molecule has 1 saturated heterocycles. The SMILES string of the molecule is Cc1cccc(S(=O)(=O)C2(C)CCOC(/C(N)=N/O)C2)c1. The maximum atomic E-state index is 12.9. The second-order valence-electron chi connectivity index (χ2n) is 5.61. The predicted molar refractivity (Wildman–Crippen MR) is 79.2 cm³/mol. The van der Waals surface area contributed by atoms with Crippen molar-refractivity contribution in [3.8, 4) is 0 Å². The van der Waals surface area contributed by atoms with Crippen molar-refractivity contribution in [3.63, 3.8) is 0 Å². The number of nitrogens with two attached hydrogens (primary N) is 1. The number of aryl methyl sites for hydroxylation is 1. The number of ether oxygens (including phenoxy) is 1. The average molecular weight is 312 g/mol. The highest BCUT2D eigenvalue weighted by Crippen LogP contribution is 2.36. The number of amidine groups is 1. The summed E-state index contributed by atoms with van der Waals surface area (Å²) >= 11 is 0. The molecule has 1 fully saturated rings. The normalized spacial score (nSPS) is 27.5. The van der Waals surface area contributed by atoms with Gasteiger partial charge in [-0.2, -0.15) is 0 Å². The quantitative estimate of drug-likeness (QED) is 0.381. The van der Waals surface area contributed by atoms with Gasteiger partial charge in [-0.15, -0.1) is 0 Å². The third-order valence-electron chi connectivity index (χ3n) is 3.96. The highest BCUT2D eigenvalue weighted by molar-refractivity contribution is 7.92. The van der Waals surface area contributed by atoms with E-state index in [0.717, 1.165) is 5.56 Å². The predicted octanol–water partition coefficient (Wildman–Crippen LogP) is 1.45. The van der Waals surface area contributed by atoms with Crippen LogP contribution in [0.2, 0.25) is 0 Å². The summed E-state index contributed by atoms with van der Waals surface area (Å²) in [5, 5.41) is 11.7. The number of nitrogens with zero attached hydrogens (tertiary/aromatic N) is 1. The van der Waals surface area contributed by atoms with Crippen molar-refractivity contribution in [2.24, 2.45) is 10.9 Å². The molecule has 116 valence electrons. The molecule has 1 aromatic carbocycles. The highest BCUT2D eigenvalue weighted by Gasteiger charge is 2.45. The number of benzene rings is 1. The van der Waals surface area contributed by atoms with Crippen LogP contribution < -0.4 is 5.73 Å². The molecule has 3 N–H and O–H groups in total. The Bertz CT molecular complexity index is 657. The average Bonchev–Trinajstić information content (AvgIpc) is 2.46. The smallest absolute Gasteiger partial charge is 0.184 e. The van der Waals surface area contributed by atoms with Crippen molar-refractivity contribution in [3.05, 3.63) is 29.8 Å². The first kappa shape index (κ1) is 15.8. The lowest BCUT2D eigenvalue weighted by atomic mass is 9.96. The van der Waals surface area contributed by atoms with Gasteiger partial charge < -0.3 is 15.7 Å². The van der Waals surface area contributed by atoms with E-state index in [1.54, 1.807) is 25.1 Å². The van der Waals surface area contributed by atoms with Gasteiger partial charge in [0, 0.05) is 13.0 Å². The van der Waals surface area contributed by atoms with Gasteiger partial charge in [0.1, 0.15) is 6.10 Å². The molecule has 0 saturated carbocycles. The molecule has 6 nitrogen and oxygen atoms in total. The molecular formula is C14H20N2O4S. The minimum absolute atomic E-state index is 0.0969. The van der Waals surface area contributed by atoms with Crippen LogP contribution in [-0.2, 0) is 14.6 Å². The summed E-state index contributed by atoms with van der Waals surface area (Å²) in [6, 6.07) is 6.84. The van der Waals surface area contributed by atoms with Crippen LogP contribution >= 0.6 is 0 Å². The maximum Gasteiger partial charge on any atom is 0.184 e. The van der Waals surface area contributed by atoms with Crippen LogP contribution in [0.5, 0.6) is 0 Å². The van der Waals surface area contributed by atoms with Crippen molar-refractivity contribution in [1.29, 1.82) is 0 Å². The zero-order chi connectivity index (χ0) is 15.7. The topological polar surface area (TPSA) is 102 Å². The second-order valence-corrected chi connectivity index (χ2v) is 8.07. The van der Waals surface area contributed by atoms with E-state index in [1.807, 2.05) is 13.0 Å². The Morgan fingerprint density at radius 2 is 2.24 bits per heavy atom. The fourth-order valence-corrected chi connectivity index (χ4v) is 4.43. The van der Waals surface area contributed by atoms with Crippen LogP contribution in [0.25, 0.3) is 0 Å². The third-order valence-corrected chi connectivity index (χ3v) is 6.50. The zero-order valence-corrected chi connectivity index (χ0v) is 12.9. The number of oxime groups is 1. The summed E-state index contributed by atoms with van der Waals surface area (Å²) in [5.74, 6) is -0.0969. The Labute approximate surface area is 124 Å². The molecule has 0 amide bonds. The fourth-order valence-electron chi connectivity index (χ4n) is 2.54. The minimum Gasteiger partial charge on any atom is -0.409 e. The maximum absolute atomic E-state index is 12.9. The van der Waals surface area contributed by atoms with Crippen LogP contribution in [0.15, 0.2) is 34.3 Å². The zero-order valence-electron chi connectivity index (χ0n) is 12.1. The molecule has 0 bridgehead atoms. The van der Waals surface area contributed by atoms with Crippen LogP contribution in [0, 0.1) is 6.92 Å². The van der Waals surface area contributed by atoms with Gasteiger partial charge in [-0.3, -0.25) is 0 Å². The van der Waals surface area contributed by atoms with Crippen molar-refractivity contribution >= 4 is 15.7 Å². The molecule has 1 aliphatic heterocycles. The Kier molecular flexibility index (Phi) is 4.25. The first-order valence-electron chi connectivity index (χ1n) is 6.70. The van der Waals surface area contributed by atoms with Gasteiger partial charge in [0.2, 0.25) is 0 Å². The first-order chi connectivity index (χ1) is 9.80. The largest absolute Gasteiger partial charge is 0.409 e. The van der Waals surface area contributed by atoms with E-state index in [1.165, 1.54) is 0 Å². The van der Waals surface area contributed by atoms with E-state index in [4.69, 9.17) is 15.7 Å². The number of sulfone groups is 1. The summed E-state index contributed by atoms with van der Waals surface area (Å²) < 4.78 is 30.2. The van der Waals surface area contributed by atoms with Crippen molar-refractivity contribution < 1.29 is 18.4 Å². The molecular weight excluding hydrogens is 292 g/mol. The second kappa shape index (κ2) is 5.65. The van der Waals surface area contributed by atoms with Gasteiger partial charge in [0.05, 0.1) is 9.64 Å². The van der Waals surface area contributed by atoms with E-state index >= 15 is 0 Å². The molecule has 2 atom stereocenters. The van der Waals surface area contributed by atoms with Gasteiger partial charge >= 0.3 is 0 Å². The lowest BCUT2D eigenvalue weighted by molar-refractivity contribution is 0.0398. The molecule has 1 aliphatic rings. The lowest BCUT2D eigenvalue weighted by Crippen LogP contribution is -2.48. The molecule has 1 heterocycles. The van der Waals surface area contributed by atoms with E-state index in [0.29, 0.717) is 11.3 Å². The van der Waals surface area contributed by atoms with E-state index in [9.17, 15) is 8.42 Å². The molecule has 0 spiro atoms. The lowest BCUT2D eigenvalue weighted by Gasteiger charge is -2.37. The first-order valence-corrected chi connectivity index (χ1v) is 8.19. The molecule has 0 aromatic heterocycles. The summed E-state index contributed by atoms with van der Waals surface area (Å²) in [6.45, 7) is 3.79. The van der Waals surface area contributed by atoms with Crippen LogP contribution in [0.1, 0.15) is 25.3 Å². The summed E-state index contributed by atoms with van der Waals surface area (Å²) in [4.78, 5) is 0.296. The van der Waals surface area contributed by atoms with Crippen LogP contribution in [0.4, 0.5) is 0 Å². The fraction of sp³-hybridized carbons (Fsp3) is 0.500. The summed E-state index contributed by atoms with van der Waals surface area (Å²) in [7, 11) is -3.53. The Balaban J connectivity index is 2.38. The van der Waals surface area contributed by atoms with Gasteiger partial charge in [-0.25, -0.2) is 8.42 Å². The van der Waals surface area contributed by atoms with Crippen LogP contribution in [-0.4, -0.2) is 36.9 Å². The highest BCUT2D eigenvalue weighted by atomic mass is 32.2. The van der Waals surface area contributed by atoms with Crippen molar-refractivity contribution in [2.75, 3.05) is 6.61 Å². The molecule has 0 aliphatic carbocycles. The van der Waals surface area contributed by atoms with Crippen molar-refractivity contribution in [2.45, 2.75) is 42.4 Å². The monoisotopic (exact) mass is 312 g/mol. The molecule has 2 rings (SSSR count). The van der Waals surface area contributed by atoms with Gasteiger partial charge in [-0.05, 0) is 38.0 Å². The molecule has 0 radical (unpaired) electrons. The minimum atomic E-state index is -3.53. The molecule has 21 heavy (non-hydrogen) atoms. The van der Waals surface area contributed by atoms with Gasteiger partial charge in [-0.1, -0.05) is 17.3 Å². The Hall–Kier alpha value is -1.60. The van der Waals surface area contributed by atoms with Crippen LogP contribution in [0.3, 0.4) is 0 Å². The van der Waals surface area contributed by atoms with Crippen molar-refractivity contribution in [1.82, 2.24) is 0 Å². The van der Waals surface area contributed by atoms with Gasteiger partial charge in [0.25, 0.3) is 0 Å². The van der Waals surface area contributed by atoms with E-state index in [2.05, 4.69) is 5.16 Å². The Morgan fingerprint density at radius 1 is 1.52 bits per heavy atom. The summed E-state index contributed by atoms with van der Waals surface area (Å²) in [6.07, 6.45) is -0.147. The number of hydrogen-bond donors (Lipinski definition) is 2. The standard InChI is InChI=1S/C14H20N2O4S/c1-10-4-3-5-11(8-10)21(18,19)14(2)6-7-20-12(9-14)13(15)16-17/h3-5,8,12,17H,6-7,9H2,1-2H3,(H2,15,16). The van der Waals surface area contributed by atoms with Gasteiger partial charge in [0.15, 0.2) is 15.7 Å².